The van der Waals surface area contributed by atoms with Gasteiger partial charge in [-0.25, -0.2) is 4.98 Å². The predicted octanol–water partition coefficient (Wildman–Crippen LogP) is 6.20. The van der Waals surface area contributed by atoms with Gasteiger partial charge in [0.05, 0.1) is 24.8 Å². The molecule has 0 unspecified atom stereocenters. The van der Waals surface area contributed by atoms with Crippen molar-refractivity contribution >= 4 is 23.5 Å². The van der Waals surface area contributed by atoms with Crippen molar-refractivity contribution in [3.63, 3.8) is 0 Å². The van der Waals surface area contributed by atoms with Crippen LogP contribution < -0.4 is 4.74 Å². The first kappa shape index (κ1) is 25.7. The highest BCUT2D eigenvalue weighted by molar-refractivity contribution is 7.99. The number of nitrogens with zero attached hydrogens (tertiary/aromatic N) is 2. The topological polar surface area (TPSA) is 89.3 Å². The zero-order valence-electron chi connectivity index (χ0n) is 20.2. The van der Waals surface area contributed by atoms with E-state index in [-0.39, 0.29) is 18.8 Å². The summed E-state index contributed by atoms with van der Waals surface area (Å²) in [6.45, 7) is -0.334. The lowest BCUT2D eigenvalue weighted by Crippen LogP contribution is -2.14. The number of esters is 1. The highest BCUT2D eigenvalue weighted by Gasteiger charge is 2.17. The SMILES string of the molecule is COc1ccc(C(=O)COC(=O)CCSc2nc(-c3ccccc3)cc(-c3ccccc3)c2C#N)cc1. The summed E-state index contributed by atoms with van der Waals surface area (Å²) in [5.74, 6) is 0.210. The average Bonchev–Trinajstić information content (AvgIpc) is 2.96. The van der Waals surface area contributed by atoms with Crippen molar-refractivity contribution in [3.05, 3.63) is 102 Å². The van der Waals surface area contributed by atoms with Crippen LogP contribution in [0, 0.1) is 11.3 Å². The lowest BCUT2D eigenvalue weighted by Gasteiger charge is -2.12. The number of thioether (sulfide) groups is 1. The molecule has 0 fully saturated rings. The molecule has 0 aliphatic carbocycles. The fraction of sp³-hybridized carbons (Fsp3) is 0.133. The zero-order chi connectivity index (χ0) is 26.0. The number of ketones is 1. The highest BCUT2D eigenvalue weighted by atomic mass is 32.2. The van der Waals surface area contributed by atoms with Gasteiger partial charge >= 0.3 is 5.97 Å². The van der Waals surface area contributed by atoms with Crippen LogP contribution in [0.15, 0.2) is 96.0 Å². The van der Waals surface area contributed by atoms with Gasteiger partial charge in [0.1, 0.15) is 16.8 Å². The Hall–Kier alpha value is -4.41. The van der Waals surface area contributed by atoms with E-state index in [2.05, 4.69) is 6.07 Å². The number of hydrogen-bond acceptors (Lipinski definition) is 7. The molecule has 0 aliphatic rings. The van der Waals surface area contributed by atoms with Crippen LogP contribution in [-0.4, -0.2) is 36.2 Å². The van der Waals surface area contributed by atoms with E-state index in [0.29, 0.717) is 27.7 Å². The van der Waals surface area contributed by atoms with E-state index in [4.69, 9.17) is 14.5 Å². The smallest absolute Gasteiger partial charge is 0.307 e. The molecule has 184 valence electrons. The molecule has 6 nitrogen and oxygen atoms in total. The molecule has 3 aromatic carbocycles. The summed E-state index contributed by atoms with van der Waals surface area (Å²) in [5, 5.41) is 10.5. The van der Waals surface area contributed by atoms with Gasteiger partial charge in [0.2, 0.25) is 0 Å². The molecule has 0 radical (unpaired) electrons. The second-order valence-corrected chi connectivity index (χ2v) is 9.07. The third kappa shape index (κ3) is 6.63. The normalized spacial score (nSPS) is 10.4. The molecule has 1 heterocycles. The van der Waals surface area contributed by atoms with Crippen LogP contribution >= 0.6 is 11.8 Å². The number of carbonyl (C=O) groups excluding carboxylic acids is 2. The monoisotopic (exact) mass is 508 g/mol. The van der Waals surface area contributed by atoms with Gasteiger partial charge in [-0.3, -0.25) is 9.59 Å². The minimum absolute atomic E-state index is 0.0728. The van der Waals surface area contributed by atoms with Crippen molar-refractivity contribution < 1.29 is 19.1 Å². The van der Waals surface area contributed by atoms with Gasteiger partial charge < -0.3 is 9.47 Å². The minimum Gasteiger partial charge on any atom is -0.497 e. The quantitative estimate of drug-likeness (QED) is 0.143. The first-order chi connectivity index (χ1) is 18.1. The predicted molar refractivity (Wildman–Crippen MR) is 143 cm³/mol. The van der Waals surface area contributed by atoms with Gasteiger partial charge in [0, 0.05) is 22.4 Å². The van der Waals surface area contributed by atoms with E-state index >= 15 is 0 Å². The van der Waals surface area contributed by atoms with Crippen LogP contribution in [0.4, 0.5) is 0 Å². The van der Waals surface area contributed by atoms with Crippen molar-refractivity contribution in [2.75, 3.05) is 19.5 Å². The Morgan fingerprint density at radius 2 is 1.57 bits per heavy atom. The van der Waals surface area contributed by atoms with E-state index in [9.17, 15) is 14.9 Å². The van der Waals surface area contributed by atoms with Gasteiger partial charge in [0.15, 0.2) is 12.4 Å². The number of pyridine rings is 1. The minimum atomic E-state index is -0.490. The number of aromatic nitrogens is 1. The van der Waals surface area contributed by atoms with Gasteiger partial charge in [-0.2, -0.15) is 5.26 Å². The molecular formula is C30H24N2O4S. The van der Waals surface area contributed by atoms with Crippen LogP contribution in [0.1, 0.15) is 22.3 Å². The summed E-state index contributed by atoms with van der Waals surface area (Å²) < 4.78 is 10.3. The summed E-state index contributed by atoms with van der Waals surface area (Å²) >= 11 is 1.32. The highest BCUT2D eigenvalue weighted by Crippen LogP contribution is 2.34. The lowest BCUT2D eigenvalue weighted by molar-refractivity contribution is -0.141. The third-order valence-corrected chi connectivity index (χ3v) is 6.55. The second-order valence-electron chi connectivity index (χ2n) is 7.99. The molecule has 0 amide bonds. The Bertz CT molecular complexity index is 1420. The zero-order valence-corrected chi connectivity index (χ0v) is 21.0. The Balaban J connectivity index is 1.45. The average molecular weight is 509 g/mol. The lowest BCUT2D eigenvalue weighted by atomic mass is 9.99. The van der Waals surface area contributed by atoms with Crippen LogP contribution in [0.25, 0.3) is 22.4 Å². The molecule has 37 heavy (non-hydrogen) atoms. The van der Waals surface area contributed by atoms with E-state index in [1.165, 1.54) is 11.8 Å². The van der Waals surface area contributed by atoms with E-state index in [0.717, 1.165) is 22.4 Å². The van der Waals surface area contributed by atoms with E-state index < -0.39 is 5.97 Å². The summed E-state index contributed by atoms with van der Waals surface area (Å²) in [6.07, 6.45) is 0.0728. The molecule has 4 aromatic rings. The van der Waals surface area contributed by atoms with E-state index in [1.54, 1.807) is 31.4 Å². The number of ether oxygens (including phenoxy) is 2. The Morgan fingerprint density at radius 1 is 0.919 bits per heavy atom. The number of Topliss-reactive ketones (excluding diaryl/α,β-unsaturated/α-hetero) is 1. The summed E-state index contributed by atoms with van der Waals surface area (Å²) in [5.41, 5.74) is 4.27. The maximum atomic E-state index is 12.3. The molecule has 4 rings (SSSR count). The molecule has 0 saturated carbocycles. The van der Waals surface area contributed by atoms with Crippen molar-refractivity contribution in [3.8, 4) is 34.2 Å². The fourth-order valence-corrected chi connectivity index (χ4v) is 4.57. The number of methoxy groups -OCH3 is 1. The molecule has 0 saturated heterocycles. The number of nitriles is 1. The molecule has 0 bridgehead atoms. The maximum Gasteiger partial charge on any atom is 0.307 e. The van der Waals surface area contributed by atoms with Gasteiger partial charge in [0.25, 0.3) is 0 Å². The van der Waals surface area contributed by atoms with E-state index in [1.807, 2.05) is 66.7 Å². The largest absolute Gasteiger partial charge is 0.497 e. The van der Waals surface area contributed by atoms with Crippen molar-refractivity contribution in [1.82, 2.24) is 4.98 Å². The molecule has 0 N–H and O–H groups in total. The standard InChI is InChI=1S/C30H24N2O4S/c1-35-24-14-12-23(13-15-24)28(33)20-36-29(34)16-17-37-30-26(19-31)25(21-8-4-2-5-9-21)18-27(32-30)22-10-6-3-7-11-22/h2-15,18H,16-17,20H2,1H3. The molecule has 0 aliphatic heterocycles. The van der Waals surface area contributed by atoms with Crippen LogP contribution in [0.5, 0.6) is 5.75 Å². The maximum absolute atomic E-state index is 12.3. The van der Waals surface area contributed by atoms with Crippen LogP contribution in [-0.2, 0) is 9.53 Å². The van der Waals surface area contributed by atoms with Crippen LogP contribution in [0.2, 0.25) is 0 Å². The fourth-order valence-electron chi connectivity index (χ4n) is 3.65. The summed E-state index contributed by atoms with van der Waals surface area (Å²) in [6, 6.07) is 30.3. The summed E-state index contributed by atoms with van der Waals surface area (Å²) in [7, 11) is 1.55. The van der Waals surface area contributed by atoms with Crippen LogP contribution in [0.3, 0.4) is 0 Å². The van der Waals surface area contributed by atoms with Crippen molar-refractivity contribution in [1.29, 1.82) is 5.26 Å². The van der Waals surface area contributed by atoms with Gasteiger partial charge in [-0.15, -0.1) is 11.8 Å². The first-order valence-corrected chi connectivity index (χ1v) is 12.6. The summed E-state index contributed by atoms with van der Waals surface area (Å²) in [4.78, 5) is 29.4. The number of hydrogen-bond donors (Lipinski definition) is 0. The van der Waals surface area contributed by atoms with Gasteiger partial charge in [-0.05, 0) is 35.9 Å². The Morgan fingerprint density at radius 3 is 2.19 bits per heavy atom. The molecule has 0 atom stereocenters. The molecule has 0 spiro atoms. The number of rotatable bonds is 10. The second kappa shape index (κ2) is 12.5. The number of benzene rings is 3. The first-order valence-electron chi connectivity index (χ1n) is 11.6. The Labute approximate surface area is 219 Å². The molecular weight excluding hydrogens is 484 g/mol. The van der Waals surface area contributed by atoms with Crippen molar-refractivity contribution in [2.24, 2.45) is 0 Å². The third-order valence-electron chi connectivity index (χ3n) is 5.57. The molecule has 7 heteroatoms. The number of carbonyl (C=O) groups is 2. The van der Waals surface area contributed by atoms with Crippen molar-refractivity contribution in [2.45, 2.75) is 11.4 Å². The Kier molecular flexibility index (Phi) is 8.69. The molecule has 1 aromatic heterocycles. The van der Waals surface area contributed by atoms with Gasteiger partial charge in [-0.1, -0.05) is 60.7 Å².